The lowest BCUT2D eigenvalue weighted by Gasteiger charge is -2.35. The van der Waals surface area contributed by atoms with Crippen LogP contribution < -0.4 is 15.0 Å². The largest absolute Gasteiger partial charge is 0.497 e. The van der Waals surface area contributed by atoms with Gasteiger partial charge in [0.25, 0.3) is 0 Å². The normalized spacial score (nSPS) is 18.9. The van der Waals surface area contributed by atoms with Gasteiger partial charge in [0.05, 0.1) is 25.5 Å². The predicted octanol–water partition coefficient (Wildman–Crippen LogP) is 3.44. The second-order valence-corrected chi connectivity index (χ2v) is 7.20. The van der Waals surface area contributed by atoms with Gasteiger partial charge >= 0.3 is 0 Å². The Morgan fingerprint density at radius 3 is 2.67 bits per heavy atom. The van der Waals surface area contributed by atoms with Gasteiger partial charge in [0.1, 0.15) is 17.4 Å². The van der Waals surface area contributed by atoms with Crippen molar-refractivity contribution in [1.29, 1.82) is 0 Å². The van der Waals surface area contributed by atoms with Crippen molar-refractivity contribution in [2.45, 2.75) is 26.1 Å². The summed E-state index contributed by atoms with van der Waals surface area (Å²) in [6, 6.07) is 8.16. The topological polar surface area (TPSA) is 85.3 Å². The fraction of sp³-hybridized carbons (Fsp3) is 0.333. The van der Waals surface area contributed by atoms with Crippen LogP contribution >= 0.6 is 0 Å². The number of nitrogens with one attached hydrogen (secondary N) is 1. The van der Waals surface area contributed by atoms with E-state index >= 15 is 0 Å². The van der Waals surface area contributed by atoms with Gasteiger partial charge in [-0.25, -0.2) is 9.37 Å². The molecule has 0 amide bonds. The summed E-state index contributed by atoms with van der Waals surface area (Å²) >= 11 is 0. The van der Waals surface area contributed by atoms with Gasteiger partial charge in [-0.3, -0.25) is 0 Å². The summed E-state index contributed by atoms with van der Waals surface area (Å²) in [5.74, 6) is 1.71. The number of anilines is 3. The number of methoxy groups -OCH3 is 1. The Kier molecular flexibility index (Phi) is 5.71. The van der Waals surface area contributed by atoms with Crippen LogP contribution in [0.2, 0.25) is 0 Å². The molecule has 0 bridgehead atoms. The summed E-state index contributed by atoms with van der Waals surface area (Å²) in [7, 11) is 1.50. The number of morpholine rings is 1. The second kappa shape index (κ2) is 8.58. The van der Waals surface area contributed by atoms with Gasteiger partial charge in [-0.15, -0.1) is 5.10 Å². The molecule has 9 heteroatoms. The van der Waals surface area contributed by atoms with Crippen molar-refractivity contribution >= 4 is 17.6 Å². The van der Waals surface area contributed by atoms with E-state index in [2.05, 4.69) is 30.4 Å². The number of halogens is 1. The highest BCUT2D eigenvalue weighted by Crippen LogP contribution is 2.27. The fourth-order valence-electron chi connectivity index (χ4n) is 3.47. The molecule has 0 saturated carbocycles. The SMILES string of the molecule is COc1ccc(-c2cnnc(Nc3ccnc(N4C[C@@H](C)O[C@@H](C)C4)n3)c2)c(F)c1. The first-order valence-electron chi connectivity index (χ1n) is 9.69. The Morgan fingerprint density at radius 2 is 1.93 bits per heavy atom. The molecule has 3 aromatic rings. The molecule has 0 unspecified atom stereocenters. The molecule has 30 heavy (non-hydrogen) atoms. The lowest BCUT2D eigenvalue weighted by atomic mass is 10.1. The quantitative estimate of drug-likeness (QED) is 0.685. The number of rotatable bonds is 5. The molecule has 2 aromatic heterocycles. The summed E-state index contributed by atoms with van der Waals surface area (Å²) in [5.41, 5.74) is 1.01. The number of hydrogen-bond acceptors (Lipinski definition) is 8. The maximum atomic E-state index is 14.4. The maximum absolute atomic E-state index is 14.4. The van der Waals surface area contributed by atoms with Crippen molar-refractivity contribution in [1.82, 2.24) is 20.2 Å². The first kappa shape index (κ1) is 20.0. The van der Waals surface area contributed by atoms with Crippen molar-refractivity contribution in [2.75, 3.05) is 30.4 Å². The number of benzene rings is 1. The van der Waals surface area contributed by atoms with E-state index in [4.69, 9.17) is 9.47 Å². The van der Waals surface area contributed by atoms with E-state index in [-0.39, 0.29) is 12.2 Å². The van der Waals surface area contributed by atoms with Crippen LogP contribution in [0, 0.1) is 5.82 Å². The van der Waals surface area contributed by atoms with Crippen molar-refractivity contribution < 1.29 is 13.9 Å². The molecule has 1 N–H and O–H groups in total. The molecule has 1 fully saturated rings. The number of ether oxygens (including phenoxy) is 2. The van der Waals surface area contributed by atoms with E-state index in [0.29, 0.717) is 34.5 Å². The van der Waals surface area contributed by atoms with Crippen molar-refractivity contribution in [3.05, 3.63) is 48.5 Å². The van der Waals surface area contributed by atoms with Gasteiger partial charge < -0.3 is 19.7 Å². The Labute approximate surface area is 174 Å². The molecule has 0 aliphatic carbocycles. The zero-order chi connectivity index (χ0) is 21.1. The molecule has 3 heterocycles. The van der Waals surface area contributed by atoms with E-state index in [1.807, 2.05) is 13.8 Å². The van der Waals surface area contributed by atoms with Gasteiger partial charge in [-0.1, -0.05) is 0 Å². The highest BCUT2D eigenvalue weighted by molar-refractivity contribution is 5.68. The summed E-state index contributed by atoms with van der Waals surface area (Å²) in [4.78, 5) is 11.1. The average molecular weight is 410 g/mol. The highest BCUT2D eigenvalue weighted by atomic mass is 19.1. The average Bonchev–Trinajstić information content (AvgIpc) is 2.73. The summed E-state index contributed by atoms with van der Waals surface area (Å²) in [5, 5.41) is 11.2. The number of nitrogens with zero attached hydrogens (tertiary/aromatic N) is 5. The van der Waals surface area contributed by atoms with Crippen molar-refractivity contribution in [2.24, 2.45) is 0 Å². The minimum Gasteiger partial charge on any atom is -0.497 e. The van der Waals surface area contributed by atoms with Gasteiger partial charge in [0, 0.05) is 36.5 Å². The molecule has 1 aliphatic heterocycles. The summed E-state index contributed by atoms with van der Waals surface area (Å²) < 4.78 is 25.2. The zero-order valence-corrected chi connectivity index (χ0v) is 17.0. The van der Waals surface area contributed by atoms with Crippen LogP contribution in [-0.2, 0) is 4.74 Å². The van der Waals surface area contributed by atoms with Crippen molar-refractivity contribution in [3.8, 4) is 16.9 Å². The van der Waals surface area contributed by atoms with E-state index in [1.165, 1.54) is 19.4 Å². The molecule has 4 rings (SSSR count). The standard InChI is InChI=1S/C21H23FN6O2/c1-13-11-28(12-14(2)30-13)21-23-7-6-19(26-21)25-20-8-15(10-24-27-20)17-5-4-16(29-3)9-18(17)22/h4-10,13-14H,11-12H2,1-3H3,(H,23,25,26,27)/t13-,14+. The van der Waals surface area contributed by atoms with Gasteiger partial charge in [-0.2, -0.15) is 10.1 Å². The van der Waals surface area contributed by atoms with E-state index in [0.717, 1.165) is 13.1 Å². The minimum absolute atomic E-state index is 0.107. The van der Waals surface area contributed by atoms with Crippen molar-refractivity contribution in [3.63, 3.8) is 0 Å². The Hall–Kier alpha value is -3.33. The smallest absolute Gasteiger partial charge is 0.227 e. The first-order chi connectivity index (χ1) is 14.5. The lowest BCUT2D eigenvalue weighted by molar-refractivity contribution is -0.00571. The molecule has 156 valence electrons. The first-order valence-corrected chi connectivity index (χ1v) is 9.69. The predicted molar refractivity (Wildman–Crippen MR) is 112 cm³/mol. The van der Waals surface area contributed by atoms with Crippen LogP contribution in [0.3, 0.4) is 0 Å². The van der Waals surface area contributed by atoms with Gasteiger partial charge in [0.15, 0.2) is 5.82 Å². The molecular formula is C21H23FN6O2. The monoisotopic (exact) mass is 410 g/mol. The molecule has 8 nitrogen and oxygen atoms in total. The third-order valence-electron chi connectivity index (χ3n) is 4.74. The third-order valence-corrected chi connectivity index (χ3v) is 4.74. The van der Waals surface area contributed by atoms with E-state index in [1.54, 1.807) is 30.5 Å². The molecule has 1 aliphatic rings. The highest BCUT2D eigenvalue weighted by Gasteiger charge is 2.24. The Balaban J connectivity index is 1.55. The van der Waals surface area contributed by atoms with Crippen LogP contribution in [0.1, 0.15) is 13.8 Å². The van der Waals surface area contributed by atoms with E-state index < -0.39 is 5.82 Å². The molecule has 1 aromatic carbocycles. The molecular weight excluding hydrogens is 387 g/mol. The number of aromatic nitrogens is 4. The molecule has 0 spiro atoms. The summed E-state index contributed by atoms with van der Waals surface area (Å²) in [6.45, 7) is 5.51. The Morgan fingerprint density at radius 1 is 1.13 bits per heavy atom. The van der Waals surface area contributed by atoms with Gasteiger partial charge in [0.2, 0.25) is 5.95 Å². The maximum Gasteiger partial charge on any atom is 0.227 e. The summed E-state index contributed by atoms with van der Waals surface area (Å²) in [6.07, 6.45) is 3.42. The number of hydrogen-bond donors (Lipinski definition) is 1. The molecule has 2 atom stereocenters. The zero-order valence-electron chi connectivity index (χ0n) is 17.0. The molecule has 0 radical (unpaired) electrons. The van der Waals surface area contributed by atoms with Crippen LogP contribution in [0.5, 0.6) is 5.75 Å². The van der Waals surface area contributed by atoms with Crippen LogP contribution in [0.25, 0.3) is 11.1 Å². The Bertz CT molecular complexity index is 1020. The second-order valence-electron chi connectivity index (χ2n) is 7.20. The van der Waals surface area contributed by atoms with Crippen LogP contribution in [0.15, 0.2) is 42.7 Å². The lowest BCUT2D eigenvalue weighted by Crippen LogP contribution is -2.46. The van der Waals surface area contributed by atoms with Gasteiger partial charge in [-0.05, 0) is 38.1 Å². The van der Waals surface area contributed by atoms with Crippen LogP contribution in [-0.4, -0.2) is 52.6 Å². The molecule has 1 saturated heterocycles. The fourth-order valence-corrected chi connectivity index (χ4v) is 3.47. The minimum atomic E-state index is -0.395. The van der Waals surface area contributed by atoms with Crippen LogP contribution in [0.4, 0.5) is 22.0 Å². The third kappa shape index (κ3) is 4.46. The van der Waals surface area contributed by atoms with E-state index in [9.17, 15) is 4.39 Å².